The highest BCUT2D eigenvalue weighted by atomic mass is 35.5. The number of aromatic nitrogens is 2. The van der Waals surface area contributed by atoms with Gasteiger partial charge in [0.05, 0.1) is 6.61 Å². The molecule has 5 heteroatoms. The Morgan fingerprint density at radius 2 is 2.05 bits per heavy atom. The van der Waals surface area contributed by atoms with Crippen LogP contribution in [-0.2, 0) is 5.88 Å². The Labute approximate surface area is 117 Å². The van der Waals surface area contributed by atoms with Crippen LogP contribution in [0, 0.1) is 6.92 Å². The molecule has 19 heavy (non-hydrogen) atoms. The molecule has 1 heterocycles. The highest BCUT2D eigenvalue weighted by Gasteiger charge is 2.05. The van der Waals surface area contributed by atoms with Gasteiger partial charge in [0.1, 0.15) is 11.6 Å². The lowest BCUT2D eigenvalue weighted by atomic mass is 10.2. The van der Waals surface area contributed by atoms with Crippen LogP contribution in [0.25, 0.3) is 0 Å². The molecule has 0 saturated heterocycles. The lowest BCUT2D eigenvalue weighted by Crippen LogP contribution is -2.02. The van der Waals surface area contributed by atoms with Crippen LogP contribution in [0.2, 0.25) is 0 Å². The number of hydrogen-bond donors (Lipinski definition) is 1. The van der Waals surface area contributed by atoms with Gasteiger partial charge in [-0.3, -0.25) is 0 Å². The number of halogens is 1. The fourth-order valence-electron chi connectivity index (χ4n) is 1.72. The van der Waals surface area contributed by atoms with Crippen LogP contribution in [0.1, 0.15) is 18.3 Å². The van der Waals surface area contributed by atoms with E-state index in [1.165, 1.54) is 0 Å². The molecular weight excluding hydrogens is 262 g/mol. The lowest BCUT2D eigenvalue weighted by molar-refractivity contribution is 0.325. The van der Waals surface area contributed by atoms with Gasteiger partial charge in [0.25, 0.3) is 0 Å². The molecule has 0 atom stereocenters. The third kappa shape index (κ3) is 3.58. The zero-order chi connectivity index (χ0) is 13.7. The minimum atomic E-state index is 0.450. The molecule has 0 radical (unpaired) electrons. The lowest BCUT2D eigenvalue weighted by Gasteiger charge is -2.11. The topological polar surface area (TPSA) is 47.0 Å². The van der Waals surface area contributed by atoms with Crippen LogP contribution in [-0.4, -0.2) is 16.6 Å². The van der Waals surface area contributed by atoms with E-state index < -0.39 is 0 Å². The van der Waals surface area contributed by atoms with Crippen molar-refractivity contribution in [3.63, 3.8) is 0 Å². The first kappa shape index (κ1) is 13.6. The first-order valence-corrected chi connectivity index (χ1v) is 6.65. The average molecular weight is 278 g/mol. The molecule has 0 amide bonds. The second-order valence-electron chi connectivity index (χ2n) is 3.99. The SMILES string of the molecule is CCOc1cc(Nc2ccccc2CCl)nc(C)n1. The molecule has 0 fully saturated rings. The third-order valence-corrected chi connectivity index (χ3v) is 2.82. The summed E-state index contributed by atoms with van der Waals surface area (Å²) >= 11 is 5.91. The van der Waals surface area contributed by atoms with E-state index in [0.717, 1.165) is 11.3 Å². The molecule has 0 unspecified atom stereocenters. The number of nitrogens with zero attached hydrogens (tertiary/aromatic N) is 2. The molecule has 1 aromatic carbocycles. The molecule has 0 saturated carbocycles. The Balaban J connectivity index is 2.27. The maximum absolute atomic E-state index is 5.91. The first-order valence-electron chi connectivity index (χ1n) is 6.12. The number of anilines is 2. The molecule has 1 aromatic heterocycles. The minimum absolute atomic E-state index is 0.450. The summed E-state index contributed by atoms with van der Waals surface area (Å²) in [6.07, 6.45) is 0. The Bertz CT molecular complexity index is 560. The summed E-state index contributed by atoms with van der Waals surface area (Å²) in [5, 5.41) is 3.25. The van der Waals surface area contributed by atoms with E-state index in [-0.39, 0.29) is 0 Å². The van der Waals surface area contributed by atoms with Crippen molar-refractivity contribution in [2.24, 2.45) is 0 Å². The monoisotopic (exact) mass is 277 g/mol. The summed E-state index contributed by atoms with van der Waals surface area (Å²) in [6, 6.07) is 9.64. The van der Waals surface area contributed by atoms with E-state index in [0.29, 0.717) is 30.0 Å². The fraction of sp³-hybridized carbons (Fsp3) is 0.286. The Morgan fingerprint density at radius 1 is 1.26 bits per heavy atom. The van der Waals surface area contributed by atoms with E-state index in [2.05, 4.69) is 15.3 Å². The van der Waals surface area contributed by atoms with Gasteiger partial charge in [-0.15, -0.1) is 11.6 Å². The van der Waals surface area contributed by atoms with E-state index >= 15 is 0 Å². The quantitative estimate of drug-likeness (QED) is 0.847. The van der Waals surface area contributed by atoms with Crippen molar-refractivity contribution in [2.45, 2.75) is 19.7 Å². The van der Waals surface area contributed by atoms with Crippen LogP contribution in [0.15, 0.2) is 30.3 Å². The smallest absolute Gasteiger partial charge is 0.218 e. The molecule has 0 aliphatic carbocycles. The Hall–Kier alpha value is -1.81. The van der Waals surface area contributed by atoms with Crippen LogP contribution < -0.4 is 10.1 Å². The van der Waals surface area contributed by atoms with Gasteiger partial charge in [-0.05, 0) is 25.5 Å². The molecule has 4 nitrogen and oxygen atoms in total. The zero-order valence-electron chi connectivity index (χ0n) is 11.0. The number of alkyl halides is 1. The van der Waals surface area contributed by atoms with Crippen LogP contribution in [0.5, 0.6) is 5.88 Å². The van der Waals surface area contributed by atoms with Crippen molar-refractivity contribution in [1.29, 1.82) is 0 Å². The maximum atomic E-state index is 5.91. The molecule has 0 bridgehead atoms. The third-order valence-electron chi connectivity index (χ3n) is 2.53. The number of nitrogens with one attached hydrogen (secondary N) is 1. The number of aryl methyl sites for hydroxylation is 1. The number of benzene rings is 1. The molecule has 0 spiro atoms. The largest absolute Gasteiger partial charge is 0.478 e. The van der Waals surface area contributed by atoms with E-state index in [4.69, 9.17) is 16.3 Å². The van der Waals surface area contributed by atoms with Crippen LogP contribution in [0.3, 0.4) is 0 Å². The van der Waals surface area contributed by atoms with Gasteiger partial charge in [0, 0.05) is 17.6 Å². The highest BCUT2D eigenvalue weighted by Crippen LogP contribution is 2.23. The van der Waals surface area contributed by atoms with Gasteiger partial charge in [-0.25, -0.2) is 4.98 Å². The van der Waals surface area contributed by atoms with E-state index in [9.17, 15) is 0 Å². The Kier molecular flexibility index (Phi) is 4.58. The van der Waals surface area contributed by atoms with Crippen molar-refractivity contribution in [3.05, 3.63) is 41.7 Å². The summed E-state index contributed by atoms with van der Waals surface area (Å²) in [5.74, 6) is 2.39. The summed E-state index contributed by atoms with van der Waals surface area (Å²) in [4.78, 5) is 8.55. The first-order chi connectivity index (χ1) is 9.22. The van der Waals surface area contributed by atoms with Crippen molar-refractivity contribution in [3.8, 4) is 5.88 Å². The fourth-order valence-corrected chi connectivity index (χ4v) is 1.96. The van der Waals surface area contributed by atoms with Crippen molar-refractivity contribution in [1.82, 2.24) is 9.97 Å². The molecule has 0 aliphatic rings. The predicted octanol–water partition coefficient (Wildman–Crippen LogP) is 3.67. The van der Waals surface area contributed by atoms with Crippen LogP contribution >= 0.6 is 11.6 Å². The summed E-state index contributed by atoms with van der Waals surface area (Å²) in [7, 11) is 0. The molecule has 1 N–H and O–H groups in total. The zero-order valence-corrected chi connectivity index (χ0v) is 11.7. The maximum Gasteiger partial charge on any atom is 0.218 e. The normalized spacial score (nSPS) is 10.3. The number of hydrogen-bond acceptors (Lipinski definition) is 4. The number of rotatable bonds is 5. The Morgan fingerprint density at radius 3 is 2.79 bits per heavy atom. The van der Waals surface area contributed by atoms with Crippen molar-refractivity contribution >= 4 is 23.1 Å². The number of para-hydroxylation sites is 1. The summed E-state index contributed by atoms with van der Waals surface area (Å²) in [5.41, 5.74) is 1.97. The summed E-state index contributed by atoms with van der Waals surface area (Å²) < 4.78 is 5.40. The predicted molar refractivity (Wildman–Crippen MR) is 77.2 cm³/mol. The number of ether oxygens (including phenoxy) is 1. The van der Waals surface area contributed by atoms with Crippen molar-refractivity contribution in [2.75, 3.05) is 11.9 Å². The van der Waals surface area contributed by atoms with Gasteiger partial charge >= 0.3 is 0 Å². The minimum Gasteiger partial charge on any atom is -0.478 e. The van der Waals surface area contributed by atoms with Gasteiger partial charge in [0.2, 0.25) is 5.88 Å². The summed E-state index contributed by atoms with van der Waals surface area (Å²) in [6.45, 7) is 4.34. The molecule has 2 aromatic rings. The van der Waals surface area contributed by atoms with E-state index in [1.54, 1.807) is 6.07 Å². The van der Waals surface area contributed by atoms with Crippen molar-refractivity contribution < 1.29 is 4.74 Å². The van der Waals surface area contributed by atoms with Gasteiger partial charge in [-0.1, -0.05) is 18.2 Å². The van der Waals surface area contributed by atoms with E-state index in [1.807, 2.05) is 38.1 Å². The molecular formula is C14H16ClN3O. The second-order valence-corrected chi connectivity index (χ2v) is 4.25. The average Bonchev–Trinajstić information content (AvgIpc) is 2.39. The standard InChI is InChI=1S/C14H16ClN3O/c1-3-19-14-8-13(16-10(2)17-14)18-12-7-5-4-6-11(12)9-15/h4-8H,3,9H2,1-2H3,(H,16,17,18). The van der Waals surface area contributed by atoms with Gasteiger partial charge < -0.3 is 10.1 Å². The molecule has 100 valence electrons. The van der Waals surface area contributed by atoms with Gasteiger partial charge in [0.15, 0.2) is 0 Å². The highest BCUT2D eigenvalue weighted by molar-refractivity contribution is 6.17. The molecule has 2 rings (SSSR count). The van der Waals surface area contributed by atoms with Crippen LogP contribution in [0.4, 0.5) is 11.5 Å². The van der Waals surface area contributed by atoms with Gasteiger partial charge in [-0.2, -0.15) is 4.98 Å². The molecule has 0 aliphatic heterocycles. The second kappa shape index (κ2) is 6.38.